The fraction of sp³-hybridized carbons (Fsp3) is 0.190. The van der Waals surface area contributed by atoms with Crippen LogP contribution in [0.25, 0.3) is 11.6 Å². The van der Waals surface area contributed by atoms with E-state index in [9.17, 15) is 14.0 Å². The van der Waals surface area contributed by atoms with Gasteiger partial charge in [-0.05, 0) is 55.7 Å². The molecule has 0 spiro atoms. The first kappa shape index (κ1) is 17.4. The monoisotopic (exact) mass is 321 g/mol. The third-order valence-electron chi connectivity index (χ3n) is 4.01. The van der Waals surface area contributed by atoms with Gasteiger partial charge in [0.25, 0.3) is 0 Å². The highest BCUT2D eigenvalue weighted by Gasteiger charge is 2.17. The molecule has 120 valence electrons. The molecule has 0 aromatic heterocycles. The molecule has 0 aliphatic rings. The molecule has 0 atom stereocenters. The zero-order valence-electron chi connectivity index (χ0n) is 13.8. The van der Waals surface area contributed by atoms with Gasteiger partial charge >= 0.3 is 0 Å². The van der Waals surface area contributed by atoms with Crippen LogP contribution < -0.4 is 0 Å². The predicted octanol–water partition coefficient (Wildman–Crippen LogP) is 5.25. The second-order valence-corrected chi connectivity index (χ2v) is 6.13. The predicted molar refractivity (Wildman–Crippen MR) is 92.9 cm³/mol. The van der Waals surface area contributed by atoms with E-state index in [0.29, 0.717) is 16.7 Å². The lowest BCUT2D eigenvalue weighted by Gasteiger charge is -2.18. The Morgan fingerprint density at radius 1 is 1.12 bits per heavy atom. The van der Waals surface area contributed by atoms with Gasteiger partial charge in [0.2, 0.25) is 0 Å². The van der Waals surface area contributed by atoms with E-state index in [4.69, 9.17) is 6.42 Å². The smallest absolute Gasteiger partial charge is 0.129 e. The first-order valence-corrected chi connectivity index (χ1v) is 7.44. The summed E-state index contributed by atoms with van der Waals surface area (Å²) in [6, 6.07) is 11.8. The third kappa shape index (κ3) is 3.53. The third-order valence-corrected chi connectivity index (χ3v) is 4.01. The molecule has 24 heavy (non-hydrogen) atoms. The van der Waals surface area contributed by atoms with Crippen LogP contribution in [-0.4, -0.2) is 0 Å². The van der Waals surface area contributed by atoms with Crippen molar-refractivity contribution in [3.63, 3.8) is 0 Å². The largest absolute Gasteiger partial charge is 0.207 e. The van der Waals surface area contributed by atoms with Crippen molar-refractivity contribution in [2.24, 2.45) is 0 Å². The zero-order chi connectivity index (χ0) is 17.9. The van der Waals surface area contributed by atoms with E-state index in [-0.39, 0.29) is 5.56 Å². The summed E-state index contributed by atoms with van der Waals surface area (Å²) in [6.45, 7) is 5.23. The highest BCUT2D eigenvalue weighted by atomic mass is 19.1. The summed E-state index contributed by atoms with van der Waals surface area (Å²) in [5.74, 6) is 1.45. The number of allylic oxidation sites excluding steroid dienone is 1. The van der Waals surface area contributed by atoms with E-state index < -0.39 is 17.0 Å². The molecule has 0 bridgehead atoms. The maximum Gasteiger partial charge on any atom is 0.129 e. The van der Waals surface area contributed by atoms with Crippen LogP contribution in [-0.2, 0) is 5.41 Å². The van der Waals surface area contributed by atoms with Crippen LogP contribution in [0.2, 0.25) is 0 Å². The lowest BCUT2D eigenvalue weighted by molar-refractivity contribution is 0.567. The molecule has 0 aliphatic carbocycles. The van der Waals surface area contributed by atoms with Crippen molar-refractivity contribution in [3.05, 3.63) is 70.3 Å². The van der Waals surface area contributed by atoms with Crippen molar-refractivity contribution in [1.29, 1.82) is 5.26 Å². The maximum atomic E-state index is 13.6. The summed E-state index contributed by atoms with van der Waals surface area (Å²) >= 11 is 0. The van der Waals surface area contributed by atoms with Crippen molar-refractivity contribution in [2.45, 2.75) is 26.2 Å². The van der Waals surface area contributed by atoms with Gasteiger partial charge in [-0.15, -0.1) is 6.42 Å². The van der Waals surface area contributed by atoms with Crippen molar-refractivity contribution >= 4 is 11.6 Å². The average molecular weight is 321 g/mol. The van der Waals surface area contributed by atoms with Crippen molar-refractivity contribution in [3.8, 4) is 18.4 Å². The molecule has 2 aromatic rings. The summed E-state index contributed by atoms with van der Waals surface area (Å²) in [5.41, 5.74) is 1.81. The van der Waals surface area contributed by atoms with Crippen LogP contribution >= 0.6 is 0 Å². The Hall–Kier alpha value is -2.91. The molecule has 0 radical (unpaired) electrons. The summed E-state index contributed by atoms with van der Waals surface area (Å²) in [6.07, 6.45) is 6.99. The van der Waals surface area contributed by atoms with Crippen LogP contribution in [0.15, 0.2) is 36.4 Å². The molecule has 2 aromatic carbocycles. The van der Waals surface area contributed by atoms with Gasteiger partial charge in [-0.1, -0.05) is 30.2 Å². The van der Waals surface area contributed by atoms with Gasteiger partial charge in [-0.3, -0.25) is 0 Å². The Morgan fingerprint density at radius 3 is 2.12 bits per heavy atom. The number of halogens is 2. The summed E-state index contributed by atoms with van der Waals surface area (Å²) in [4.78, 5) is 0. The number of terminal acetylenes is 1. The van der Waals surface area contributed by atoms with Crippen LogP contribution in [0, 0.1) is 42.2 Å². The summed E-state index contributed by atoms with van der Waals surface area (Å²) < 4.78 is 27.3. The standard InChI is InChI=1S/C21H17F2N/c1-5-21(3,4)18-8-6-16(7-9-18)17(13-24)10-15-11-19(22)14(2)20(23)12-15/h1,6-12H,2-4H3/b17-10+. The minimum Gasteiger partial charge on any atom is -0.207 e. The van der Waals surface area contributed by atoms with Gasteiger partial charge in [0, 0.05) is 5.56 Å². The molecule has 0 heterocycles. The minimum absolute atomic E-state index is 0.0356. The summed E-state index contributed by atoms with van der Waals surface area (Å²) in [5, 5.41) is 9.37. The highest BCUT2D eigenvalue weighted by Crippen LogP contribution is 2.25. The second kappa shape index (κ2) is 6.69. The molecule has 0 saturated heterocycles. The molecule has 0 fully saturated rings. The molecule has 0 aliphatic heterocycles. The Balaban J connectivity index is 2.43. The number of nitriles is 1. The first-order valence-electron chi connectivity index (χ1n) is 7.44. The van der Waals surface area contributed by atoms with Gasteiger partial charge in [-0.25, -0.2) is 8.78 Å². The van der Waals surface area contributed by atoms with Crippen molar-refractivity contribution < 1.29 is 8.78 Å². The quantitative estimate of drug-likeness (QED) is 0.430. The van der Waals surface area contributed by atoms with Crippen LogP contribution in [0.3, 0.4) is 0 Å². The summed E-state index contributed by atoms with van der Waals surface area (Å²) in [7, 11) is 0. The molecule has 1 nitrogen and oxygen atoms in total. The second-order valence-electron chi connectivity index (χ2n) is 6.13. The van der Waals surface area contributed by atoms with Crippen LogP contribution in [0.5, 0.6) is 0 Å². The molecule has 0 saturated carbocycles. The van der Waals surface area contributed by atoms with Crippen molar-refractivity contribution in [1.82, 2.24) is 0 Å². The van der Waals surface area contributed by atoms with E-state index in [1.807, 2.05) is 26.0 Å². The van der Waals surface area contributed by atoms with Gasteiger partial charge in [0.1, 0.15) is 11.6 Å². The SMILES string of the molecule is C#CC(C)(C)c1ccc(/C(C#N)=C/c2cc(F)c(C)c(F)c2)cc1. The van der Waals surface area contributed by atoms with E-state index in [2.05, 4.69) is 12.0 Å². The number of hydrogen-bond acceptors (Lipinski definition) is 1. The molecular formula is C21H17F2N. The number of hydrogen-bond donors (Lipinski definition) is 0. The minimum atomic E-state index is -0.635. The van der Waals surface area contributed by atoms with Gasteiger partial charge in [-0.2, -0.15) is 5.26 Å². The molecule has 0 unspecified atom stereocenters. The lowest BCUT2D eigenvalue weighted by Crippen LogP contribution is -2.13. The normalized spacial score (nSPS) is 11.7. The lowest BCUT2D eigenvalue weighted by atomic mass is 9.85. The molecule has 2 rings (SSSR count). The van der Waals surface area contributed by atoms with Crippen molar-refractivity contribution in [2.75, 3.05) is 0 Å². The molecular weight excluding hydrogens is 304 g/mol. The molecule has 0 N–H and O–H groups in total. The van der Waals surface area contributed by atoms with Gasteiger partial charge in [0.15, 0.2) is 0 Å². The van der Waals surface area contributed by atoms with E-state index in [0.717, 1.165) is 5.56 Å². The molecule has 3 heteroatoms. The average Bonchev–Trinajstić information content (AvgIpc) is 2.57. The maximum absolute atomic E-state index is 13.6. The van der Waals surface area contributed by atoms with E-state index in [1.165, 1.54) is 25.1 Å². The topological polar surface area (TPSA) is 23.8 Å². The molecule has 0 amide bonds. The highest BCUT2D eigenvalue weighted by molar-refractivity contribution is 5.89. The number of nitrogens with zero attached hydrogens (tertiary/aromatic N) is 1. The van der Waals surface area contributed by atoms with Gasteiger partial charge < -0.3 is 0 Å². The first-order chi connectivity index (χ1) is 11.3. The number of rotatable bonds is 3. The fourth-order valence-electron chi connectivity index (χ4n) is 2.24. The Morgan fingerprint density at radius 2 is 1.67 bits per heavy atom. The van der Waals surface area contributed by atoms with Gasteiger partial charge in [0.05, 0.1) is 17.1 Å². The van der Waals surface area contributed by atoms with Crippen LogP contribution in [0.1, 0.15) is 36.1 Å². The fourth-order valence-corrected chi connectivity index (χ4v) is 2.24. The zero-order valence-corrected chi connectivity index (χ0v) is 13.8. The van der Waals surface area contributed by atoms with E-state index >= 15 is 0 Å². The Labute approximate surface area is 141 Å². The number of benzene rings is 2. The Bertz CT molecular complexity index is 853. The van der Waals surface area contributed by atoms with E-state index in [1.54, 1.807) is 12.1 Å². The van der Waals surface area contributed by atoms with Crippen LogP contribution in [0.4, 0.5) is 8.78 Å². The Kier molecular flexibility index (Phi) is 4.86.